The molecule has 1 aliphatic rings. The van der Waals surface area contributed by atoms with E-state index >= 15 is 0 Å². The van der Waals surface area contributed by atoms with Gasteiger partial charge >= 0.3 is 11.9 Å². The molecule has 5 rings (SSSR count). The number of rotatable bonds is 4. The summed E-state index contributed by atoms with van der Waals surface area (Å²) in [6.45, 7) is 1.75. The van der Waals surface area contributed by atoms with Gasteiger partial charge in [-0.25, -0.2) is 14.8 Å². The van der Waals surface area contributed by atoms with Crippen LogP contribution in [0.2, 0.25) is 0 Å². The second-order valence-corrected chi connectivity index (χ2v) is 7.82. The summed E-state index contributed by atoms with van der Waals surface area (Å²) in [5, 5.41) is 0. The van der Waals surface area contributed by atoms with E-state index in [2.05, 4.69) is 15.0 Å². The van der Waals surface area contributed by atoms with Gasteiger partial charge in [0.15, 0.2) is 0 Å². The van der Waals surface area contributed by atoms with E-state index in [0.717, 1.165) is 12.3 Å². The number of nitrogens with two attached hydrogens (primary N) is 1. The summed E-state index contributed by atoms with van der Waals surface area (Å²) in [5.41, 5.74) is 4.47. The second-order valence-electron chi connectivity index (χ2n) is 7.82. The quantitative estimate of drug-likeness (QED) is 0.476. The van der Waals surface area contributed by atoms with Gasteiger partial charge < -0.3 is 15.4 Å². The molecule has 0 spiro atoms. The van der Waals surface area contributed by atoms with Crippen LogP contribution in [0.25, 0.3) is 22.8 Å². The second kappa shape index (κ2) is 8.87. The van der Waals surface area contributed by atoms with E-state index in [1.165, 1.54) is 21.4 Å². The third-order valence-electron chi connectivity index (χ3n) is 5.56. The maximum absolute atomic E-state index is 13.8. The molecule has 0 amide bonds. The Bertz CT molecular complexity index is 1410. The lowest BCUT2D eigenvalue weighted by Crippen LogP contribution is -2.37. The zero-order chi connectivity index (χ0) is 24.6. The van der Waals surface area contributed by atoms with Crippen molar-refractivity contribution >= 4 is 11.8 Å². The predicted molar refractivity (Wildman–Crippen MR) is 123 cm³/mol. The minimum atomic E-state index is -4.69. The fraction of sp³-hybridized carbons (Fsp3) is 0.217. The number of halogens is 3. The third kappa shape index (κ3) is 4.47. The molecular formula is C23H20F3N7O2. The summed E-state index contributed by atoms with van der Waals surface area (Å²) in [7, 11) is 0. The molecule has 35 heavy (non-hydrogen) atoms. The summed E-state index contributed by atoms with van der Waals surface area (Å²) in [4.78, 5) is 27.8. The van der Waals surface area contributed by atoms with Gasteiger partial charge in [0, 0.05) is 43.3 Å². The van der Waals surface area contributed by atoms with Gasteiger partial charge in [-0.2, -0.15) is 18.2 Å². The number of morpholine rings is 1. The standard InChI is InChI=1S/C23H20F3N7O2/c24-23(25,26)17-12-19(27)28-14-16(17)18-13-20(30-21(29-18)31-8-10-35-11-9-31)33-7-6-32(22(33)34)15-4-2-1-3-5-15/h1-7,12-14H,8-11H2,(H2,27,28). The van der Waals surface area contributed by atoms with Gasteiger partial charge in [-0.05, 0) is 18.2 Å². The summed E-state index contributed by atoms with van der Waals surface area (Å²) in [6.07, 6.45) is -0.578. The topological polar surface area (TPSA) is 104 Å². The normalized spacial score (nSPS) is 14.3. The fourth-order valence-electron chi connectivity index (χ4n) is 3.83. The number of anilines is 2. The van der Waals surface area contributed by atoms with Gasteiger partial charge in [0.2, 0.25) is 5.95 Å². The highest BCUT2D eigenvalue weighted by atomic mass is 19.4. The van der Waals surface area contributed by atoms with Crippen LogP contribution in [0.5, 0.6) is 0 Å². The van der Waals surface area contributed by atoms with Crippen molar-refractivity contribution in [1.29, 1.82) is 0 Å². The first-order valence-corrected chi connectivity index (χ1v) is 10.7. The highest BCUT2D eigenvalue weighted by molar-refractivity contribution is 5.68. The Kier molecular flexibility index (Phi) is 5.73. The van der Waals surface area contributed by atoms with E-state index in [1.807, 2.05) is 6.07 Å². The molecule has 3 aromatic heterocycles. The zero-order valence-corrected chi connectivity index (χ0v) is 18.3. The van der Waals surface area contributed by atoms with Crippen LogP contribution >= 0.6 is 0 Å². The molecule has 0 unspecified atom stereocenters. The smallest absolute Gasteiger partial charge is 0.384 e. The van der Waals surface area contributed by atoms with Crippen LogP contribution < -0.4 is 16.3 Å². The van der Waals surface area contributed by atoms with E-state index in [9.17, 15) is 18.0 Å². The molecule has 1 aliphatic heterocycles. The highest BCUT2D eigenvalue weighted by Gasteiger charge is 2.35. The average Bonchev–Trinajstić information content (AvgIpc) is 3.25. The van der Waals surface area contributed by atoms with Crippen molar-refractivity contribution in [3.05, 3.63) is 77.1 Å². The molecule has 4 heterocycles. The first-order valence-electron chi connectivity index (χ1n) is 10.7. The number of pyridine rings is 1. The number of ether oxygens (including phenoxy) is 1. The lowest BCUT2D eigenvalue weighted by molar-refractivity contribution is -0.137. The molecule has 2 N–H and O–H groups in total. The van der Waals surface area contributed by atoms with Gasteiger partial charge in [0.25, 0.3) is 0 Å². The van der Waals surface area contributed by atoms with Crippen LogP contribution in [0.4, 0.5) is 24.9 Å². The van der Waals surface area contributed by atoms with E-state index in [4.69, 9.17) is 10.5 Å². The molecule has 1 aromatic carbocycles. The van der Waals surface area contributed by atoms with Crippen LogP contribution in [0.3, 0.4) is 0 Å². The SMILES string of the molecule is Nc1cc(C(F)(F)F)c(-c2cc(-n3ccn(-c4ccccc4)c3=O)nc(N3CCOCC3)n2)cn1. The van der Waals surface area contributed by atoms with Crippen molar-refractivity contribution in [3.8, 4) is 22.8 Å². The van der Waals surface area contributed by atoms with Crippen molar-refractivity contribution in [2.24, 2.45) is 0 Å². The van der Waals surface area contributed by atoms with Gasteiger partial charge in [-0.15, -0.1) is 0 Å². The van der Waals surface area contributed by atoms with Crippen LogP contribution in [-0.4, -0.2) is 50.4 Å². The molecular weight excluding hydrogens is 463 g/mol. The summed E-state index contributed by atoms with van der Waals surface area (Å²) in [5.74, 6) is 0.0474. The molecule has 0 saturated carbocycles. The van der Waals surface area contributed by atoms with Gasteiger partial charge in [-0.3, -0.25) is 9.13 Å². The van der Waals surface area contributed by atoms with Crippen molar-refractivity contribution in [2.45, 2.75) is 6.18 Å². The first kappa shape index (κ1) is 22.6. The molecule has 0 aliphatic carbocycles. The Morgan fingerprint density at radius 1 is 0.971 bits per heavy atom. The third-order valence-corrected chi connectivity index (χ3v) is 5.56. The minimum absolute atomic E-state index is 0.0318. The van der Waals surface area contributed by atoms with Crippen LogP contribution in [0.1, 0.15) is 5.56 Å². The van der Waals surface area contributed by atoms with Crippen molar-refractivity contribution in [3.63, 3.8) is 0 Å². The Morgan fingerprint density at radius 2 is 1.69 bits per heavy atom. The lowest BCUT2D eigenvalue weighted by atomic mass is 10.1. The monoisotopic (exact) mass is 483 g/mol. The maximum atomic E-state index is 13.8. The predicted octanol–water partition coefficient (Wildman–Crippen LogP) is 2.92. The number of imidazole rings is 1. The Hall–Kier alpha value is -4.19. The van der Waals surface area contributed by atoms with Crippen molar-refractivity contribution in [1.82, 2.24) is 24.1 Å². The zero-order valence-electron chi connectivity index (χ0n) is 18.3. The summed E-state index contributed by atoms with van der Waals surface area (Å²) >= 11 is 0. The van der Waals surface area contributed by atoms with Crippen LogP contribution in [-0.2, 0) is 10.9 Å². The van der Waals surface area contributed by atoms with Crippen LogP contribution in [0, 0.1) is 0 Å². The fourth-order valence-corrected chi connectivity index (χ4v) is 3.83. The maximum Gasteiger partial charge on any atom is 0.417 e. The number of alkyl halides is 3. The summed E-state index contributed by atoms with van der Waals surface area (Å²) < 4.78 is 49.6. The number of aromatic nitrogens is 5. The molecule has 4 aromatic rings. The van der Waals surface area contributed by atoms with E-state index < -0.39 is 17.4 Å². The van der Waals surface area contributed by atoms with Gasteiger partial charge in [0.05, 0.1) is 30.2 Å². The van der Waals surface area contributed by atoms with Crippen molar-refractivity contribution in [2.75, 3.05) is 36.9 Å². The molecule has 0 radical (unpaired) electrons. The van der Waals surface area contributed by atoms with Gasteiger partial charge in [0.1, 0.15) is 11.6 Å². The van der Waals surface area contributed by atoms with Crippen molar-refractivity contribution < 1.29 is 17.9 Å². The van der Waals surface area contributed by atoms with E-state index in [1.54, 1.807) is 35.4 Å². The number of benzene rings is 1. The largest absolute Gasteiger partial charge is 0.417 e. The Balaban J connectivity index is 1.69. The average molecular weight is 483 g/mol. The summed E-state index contributed by atoms with van der Waals surface area (Å²) in [6, 6.07) is 11.1. The van der Waals surface area contributed by atoms with Gasteiger partial charge in [-0.1, -0.05) is 18.2 Å². The molecule has 9 nitrogen and oxygen atoms in total. The highest BCUT2D eigenvalue weighted by Crippen LogP contribution is 2.37. The molecule has 12 heteroatoms. The number of para-hydroxylation sites is 1. The molecule has 1 fully saturated rings. The number of nitrogen functional groups attached to an aromatic ring is 1. The number of hydrogen-bond acceptors (Lipinski definition) is 7. The minimum Gasteiger partial charge on any atom is -0.384 e. The Morgan fingerprint density at radius 3 is 2.40 bits per heavy atom. The molecule has 0 atom stereocenters. The number of hydrogen-bond donors (Lipinski definition) is 1. The molecule has 0 bridgehead atoms. The molecule has 180 valence electrons. The molecule has 1 saturated heterocycles. The van der Waals surface area contributed by atoms with Crippen LogP contribution in [0.15, 0.2) is 65.8 Å². The van der Waals surface area contributed by atoms with E-state index in [0.29, 0.717) is 32.0 Å². The Labute approximate surface area is 197 Å². The number of nitrogens with zero attached hydrogens (tertiary/aromatic N) is 6. The van der Waals surface area contributed by atoms with E-state index in [-0.39, 0.29) is 28.8 Å². The lowest BCUT2D eigenvalue weighted by Gasteiger charge is -2.27. The first-order chi connectivity index (χ1) is 16.8.